The molecule has 1 unspecified atom stereocenters. The van der Waals surface area contributed by atoms with E-state index in [2.05, 4.69) is 0 Å². The summed E-state index contributed by atoms with van der Waals surface area (Å²) in [6, 6.07) is 15.5. The molecule has 1 spiro atoms. The number of esters is 1. The van der Waals surface area contributed by atoms with Crippen molar-refractivity contribution in [3.63, 3.8) is 0 Å². The van der Waals surface area contributed by atoms with Crippen LogP contribution in [0.2, 0.25) is 0 Å². The van der Waals surface area contributed by atoms with Crippen molar-refractivity contribution < 1.29 is 24.2 Å². The van der Waals surface area contributed by atoms with E-state index in [1.54, 1.807) is 24.3 Å². The van der Waals surface area contributed by atoms with Crippen LogP contribution in [0.5, 0.6) is 17.2 Å². The summed E-state index contributed by atoms with van der Waals surface area (Å²) in [6.45, 7) is 5.64. The van der Waals surface area contributed by atoms with Gasteiger partial charge in [0.1, 0.15) is 17.2 Å². The average molecular weight is 400 g/mol. The van der Waals surface area contributed by atoms with E-state index in [4.69, 9.17) is 9.47 Å². The molecule has 2 aliphatic heterocycles. The Morgan fingerprint density at radius 2 is 1.63 bits per heavy atom. The maximum atomic E-state index is 12.9. The zero-order valence-corrected chi connectivity index (χ0v) is 16.9. The van der Waals surface area contributed by atoms with E-state index in [-0.39, 0.29) is 17.5 Å². The quantitative estimate of drug-likeness (QED) is 0.478. The number of hydrogen-bond acceptors (Lipinski definition) is 5. The van der Waals surface area contributed by atoms with Gasteiger partial charge in [-0.05, 0) is 42.8 Å². The van der Waals surface area contributed by atoms with Crippen LogP contribution < -0.4 is 4.74 Å². The van der Waals surface area contributed by atoms with Crippen LogP contribution in [0.3, 0.4) is 0 Å². The van der Waals surface area contributed by atoms with Gasteiger partial charge in [-0.3, -0.25) is 4.79 Å². The van der Waals surface area contributed by atoms with E-state index in [1.165, 1.54) is 12.1 Å². The minimum atomic E-state index is -1.25. The van der Waals surface area contributed by atoms with Crippen LogP contribution in [-0.4, -0.2) is 16.9 Å². The molecule has 0 amide bonds. The average Bonchev–Trinajstić information content (AvgIpc) is 2.99. The van der Waals surface area contributed by atoms with Crippen LogP contribution in [0, 0.1) is 12.8 Å². The Morgan fingerprint density at radius 1 is 0.933 bits per heavy atom. The van der Waals surface area contributed by atoms with Crippen molar-refractivity contribution in [3.8, 4) is 17.2 Å². The molecule has 0 saturated heterocycles. The third kappa shape index (κ3) is 2.41. The normalized spacial score (nSPS) is 18.5. The molecule has 150 valence electrons. The van der Waals surface area contributed by atoms with E-state index in [1.807, 2.05) is 39.0 Å². The summed E-state index contributed by atoms with van der Waals surface area (Å²) in [4.78, 5) is 25.6. The zero-order valence-electron chi connectivity index (χ0n) is 16.9. The molecular formula is C25H20O5. The number of rotatable bonds is 2. The molecule has 0 fully saturated rings. The topological polar surface area (TPSA) is 72.8 Å². The number of fused-ring (bicyclic) bond motifs is 6. The van der Waals surface area contributed by atoms with Gasteiger partial charge < -0.3 is 14.6 Å². The zero-order chi connectivity index (χ0) is 21.2. The van der Waals surface area contributed by atoms with Crippen molar-refractivity contribution in [2.24, 2.45) is 5.92 Å². The molecular weight excluding hydrogens is 380 g/mol. The fraction of sp³-hybridized carbons (Fsp3) is 0.200. The first-order valence-electron chi connectivity index (χ1n) is 9.86. The molecule has 1 atom stereocenters. The van der Waals surface area contributed by atoms with E-state index in [9.17, 15) is 14.7 Å². The highest BCUT2D eigenvalue weighted by molar-refractivity contribution is 6.02. The molecule has 2 heterocycles. The van der Waals surface area contributed by atoms with Crippen molar-refractivity contribution in [1.29, 1.82) is 0 Å². The largest absolute Gasteiger partial charge is 0.508 e. The molecule has 30 heavy (non-hydrogen) atoms. The van der Waals surface area contributed by atoms with Crippen molar-refractivity contribution >= 4 is 11.8 Å². The Bertz CT molecular complexity index is 1190. The maximum absolute atomic E-state index is 12.9. The van der Waals surface area contributed by atoms with Crippen LogP contribution in [0.4, 0.5) is 0 Å². The Hall–Kier alpha value is -3.60. The Kier molecular flexibility index (Phi) is 3.81. The lowest BCUT2D eigenvalue weighted by Gasteiger charge is -2.36. The summed E-state index contributed by atoms with van der Waals surface area (Å²) in [6.07, 6.45) is 0. The monoisotopic (exact) mass is 400 g/mol. The number of ether oxygens (including phenoxy) is 2. The summed E-state index contributed by atoms with van der Waals surface area (Å²) >= 11 is 0. The Balaban J connectivity index is 1.85. The van der Waals surface area contributed by atoms with Crippen molar-refractivity contribution in [1.82, 2.24) is 0 Å². The second-order valence-corrected chi connectivity index (χ2v) is 8.13. The van der Waals surface area contributed by atoms with Gasteiger partial charge in [0, 0.05) is 34.2 Å². The van der Waals surface area contributed by atoms with Crippen molar-refractivity contribution in [2.75, 3.05) is 0 Å². The van der Waals surface area contributed by atoms with E-state index >= 15 is 0 Å². The fourth-order valence-electron chi connectivity index (χ4n) is 4.30. The first kappa shape index (κ1) is 18.4. The van der Waals surface area contributed by atoms with E-state index in [0.29, 0.717) is 39.3 Å². The number of phenolic OH excluding ortho intramolecular Hbond substituents is 1. The highest BCUT2D eigenvalue weighted by atomic mass is 16.6. The molecule has 3 aromatic carbocycles. The SMILES string of the molecule is Cc1ccc2c(c1)Oc1cc(O)ccc1C21OC(=O)c2ccc(C(=O)C(C)C)cc21. The van der Waals surface area contributed by atoms with Crippen molar-refractivity contribution in [3.05, 3.63) is 88.0 Å². The third-order valence-corrected chi connectivity index (χ3v) is 5.75. The minimum absolute atomic E-state index is 0.00517. The summed E-state index contributed by atoms with van der Waals surface area (Å²) in [5.74, 6) is 0.373. The molecule has 1 N–H and O–H groups in total. The standard InChI is InChI=1S/C25H20O5/c1-13(2)23(27)15-5-7-17-20(11-15)25(30-24(17)28)18-8-4-14(3)10-21(18)29-22-12-16(26)6-9-19(22)25/h4-13,26H,1-3H3. The van der Waals surface area contributed by atoms with Crippen LogP contribution in [0.25, 0.3) is 0 Å². The number of ketones is 1. The molecule has 0 aliphatic carbocycles. The molecule has 0 saturated carbocycles. The number of carbonyl (C=O) groups is 2. The summed E-state index contributed by atoms with van der Waals surface area (Å²) in [7, 11) is 0. The second kappa shape index (κ2) is 6.20. The number of aromatic hydroxyl groups is 1. The van der Waals surface area contributed by atoms with Gasteiger partial charge in [-0.2, -0.15) is 0 Å². The molecule has 5 nitrogen and oxygen atoms in total. The molecule has 5 heteroatoms. The number of benzene rings is 3. The Labute approximate surface area is 173 Å². The fourth-order valence-corrected chi connectivity index (χ4v) is 4.30. The number of carbonyl (C=O) groups excluding carboxylic acids is 2. The number of hydrogen-bond donors (Lipinski definition) is 1. The number of phenols is 1. The molecule has 0 bridgehead atoms. The van der Waals surface area contributed by atoms with Crippen molar-refractivity contribution in [2.45, 2.75) is 26.4 Å². The molecule has 5 rings (SSSR count). The van der Waals surface area contributed by atoms with Gasteiger partial charge in [0.25, 0.3) is 0 Å². The Morgan fingerprint density at radius 3 is 2.37 bits per heavy atom. The third-order valence-electron chi connectivity index (χ3n) is 5.75. The smallest absolute Gasteiger partial charge is 0.340 e. The summed E-state index contributed by atoms with van der Waals surface area (Å²) in [5.41, 5.74) is 2.60. The maximum Gasteiger partial charge on any atom is 0.340 e. The van der Waals surface area contributed by atoms with Gasteiger partial charge in [0.05, 0.1) is 5.56 Å². The predicted molar refractivity (Wildman–Crippen MR) is 110 cm³/mol. The summed E-state index contributed by atoms with van der Waals surface area (Å²) in [5, 5.41) is 10.0. The molecule has 0 radical (unpaired) electrons. The van der Waals surface area contributed by atoms with Gasteiger partial charge in [-0.25, -0.2) is 4.79 Å². The lowest BCUT2D eigenvalue weighted by Crippen LogP contribution is -2.33. The number of aryl methyl sites for hydroxylation is 1. The van der Waals surface area contributed by atoms with Gasteiger partial charge >= 0.3 is 5.97 Å². The van der Waals surface area contributed by atoms with Crippen LogP contribution in [0.1, 0.15) is 56.8 Å². The molecule has 3 aromatic rings. The molecule has 2 aliphatic rings. The minimum Gasteiger partial charge on any atom is -0.508 e. The number of Topliss-reactive ketones (excluding diaryl/α,β-unsaturated/α-hetero) is 1. The second-order valence-electron chi connectivity index (χ2n) is 8.13. The highest BCUT2D eigenvalue weighted by Gasteiger charge is 2.53. The van der Waals surface area contributed by atoms with Crippen LogP contribution in [0.15, 0.2) is 54.6 Å². The lowest BCUT2D eigenvalue weighted by molar-refractivity contribution is 0.0224. The van der Waals surface area contributed by atoms with E-state index < -0.39 is 11.6 Å². The molecule has 0 aromatic heterocycles. The van der Waals surface area contributed by atoms with E-state index in [0.717, 1.165) is 5.56 Å². The highest BCUT2D eigenvalue weighted by Crippen LogP contribution is 2.56. The first-order chi connectivity index (χ1) is 14.3. The van der Waals surface area contributed by atoms with Gasteiger partial charge in [0.2, 0.25) is 0 Å². The predicted octanol–water partition coefficient (Wildman–Crippen LogP) is 5.11. The van der Waals surface area contributed by atoms with Crippen LogP contribution >= 0.6 is 0 Å². The lowest BCUT2D eigenvalue weighted by atomic mass is 9.76. The first-order valence-corrected chi connectivity index (χ1v) is 9.86. The van der Waals surface area contributed by atoms with Gasteiger partial charge in [-0.15, -0.1) is 0 Å². The summed E-state index contributed by atoms with van der Waals surface area (Å²) < 4.78 is 12.2. The van der Waals surface area contributed by atoms with Gasteiger partial charge in [0.15, 0.2) is 11.4 Å². The van der Waals surface area contributed by atoms with Gasteiger partial charge in [-0.1, -0.05) is 32.0 Å². The van der Waals surface area contributed by atoms with Crippen LogP contribution in [-0.2, 0) is 10.3 Å².